The van der Waals surface area contributed by atoms with Crippen molar-refractivity contribution in [1.82, 2.24) is 14.3 Å². The summed E-state index contributed by atoms with van der Waals surface area (Å²) in [4.78, 5) is 9.05. The van der Waals surface area contributed by atoms with E-state index in [2.05, 4.69) is 52.6 Å². The summed E-state index contributed by atoms with van der Waals surface area (Å²) in [6.45, 7) is 6.41. The van der Waals surface area contributed by atoms with Crippen molar-refractivity contribution >= 4 is 33.2 Å². The summed E-state index contributed by atoms with van der Waals surface area (Å²) < 4.78 is 26.3. The SMILES string of the molecule is Cc1cc(C)cc(Nc2ncc(C)c(Nc3cccc(CN(C)S(=O)(=O)C4CC4)c3)n2)c1. The van der Waals surface area contributed by atoms with Crippen molar-refractivity contribution in [3.05, 3.63) is 70.9 Å². The van der Waals surface area contributed by atoms with Crippen LogP contribution in [0.25, 0.3) is 0 Å². The van der Waals surface area contributed by atoms with E-state index >= 15 is 0 Å². The van der Waals surface area contributed by atoms with Crippen LogP contribution < -0.4 is 10.6 Å². The molecule has 1 aliphatic rings. The Bertz CT molecular complexity index is 1220. The predicted octanol–water partition coefficient (Wildman–Crippen LogP) is 4.81. The molecular weight excluding hydrogens is 422 g/mol. The number of nitrogens with zero attached hydrogens (tertiary/aromatic N) is 3. The molecule has 4 rings (SSSR count). The third-order valence-corrected chi connectivity index (χ3v) is 7.74. The molecule has 0 aliphatic heterocycles. The van der Waals surface area contributed by atoms with Crippen LogP contribution in [-0.2, 0) is 16.6 Å². The first-order valence-electron chi connectivity index (χ1n) is 10.7. The number of sulfonamides is 1. The minimum Gasteiger partial charge on any atom is -0.340 e. The molecule has 0 atom stereocenters. The van der Waals surface area contributed by atoms with E-state index in [4.69, 9.17) is 0 Å². The molecule has 0 saturated heterocycles. The molecule has 168 valence electrons. The second kappa shape index (κ2) is 8.88. The summed E-state index contributed by atoms with van der Waals surface area (Å²) in [6.07, 6.45) is 3.31. The summed E-state index contributed by atoms with van der Waals surface area (Å²) in [7, 11) is -1.55. The van der Waals surface area contributed by atoms with Crippen LogP contribution in [-0.4, -0.2) is 35.0 Å². The maximum atomic E-state index is 12.4. The highest BCUT2D eigenvalue weighted by Crippen LogP contribution is 2.31. The fourth-order valence-electron chi connectivity index (χ4n) is 3.66. The molecule has 0 unspecified atom stereocenters. The van der Waals surface area contributed by atoms with E-state index in [0.717, 1.165) is 35.3 Å². The van der Waals surface area contributed by atoms with Crippen LogP contribution in [0.4, 0.5) is 23.1 Å². The van der Waals surface area contributed by atoms with Gasteiger partial charge < -0.3 is 10.6 Å². The van der Waals surface area contributed by atoms with Crippen molar-refractivity contribution in [2.75, 3.05) is 17.7 Å². The smallest absolute Gasteiger partial charge is 0.229 e. The largest absolute Gasteiger partial charge is 0.340 e. The summed E-state index contributed by atoms with van der Waals surface area (Å²) in [5.74, 6) is 1.21. The summed E-state index contributed by atoms with van der Waals surface area (Å²) >= 11 is 0. The van der Waals surface area contributed by atoms with Crippen molar-refractivity contribution in [1.29, 1.82) is 0 Å². The van der Waals surface area contributed by atoms with Gasteiger partial charge in [0.2, 0.25) is 16.0 Å². The lowest BCUT2D eigenvalue weighted by Crippen LogP contribution is -2.29. The number of nitrogens with one attached hydrogen (secondary N) is 2. The van der Waals surface area contributed by atoms with Crippen LogP contribution in [0.1, 0.15) is 35.1 Å². The quantitative estimate of drug-likeness (QED) is 0.511. The molecule has 0 spiro atoms. The number of hydrogen-bond donors (Lipinski definition) is 2. The lowest BCUT2D eigenvalue weighted by molar-refractivity contribution is 0.465. The highest BCUT2D eigenvalue weighted by atomic mass is 32.2. The molecule has 0 bridgehead atoms. The van der Waals surface area contributed by atoms with Crippen LogP contribution in [0.5, 0.6) is 0 Å². The third kappa shape index (κ3) is 5.26. The Kier molecular flexibility index (Phi) is 6.17. The van der Waals surface area contributed by atoms with Crippen molar-refractivity contribution in [2.45, 2.75) is 45.4 Å². The number of aromatic nitrogens is 2. The molecular formula is C24H29N5O2S. The average molecular weight is 452 g/mol. The lowest BCUT2D eigenvalue weighted by Gasteiger charge is -2.17. The second-order valence-corrected chi connectivity index (χ2v) is 10.9. The van der Waals surface area contributed by atoms with E-state index in [1.54, 1.807) is 13.2 Å². The molecule has 1 aliphatic carbocycles. The second-order valence-electron chi connectivity index (χ2n) is 8.55. The molecule has 1 heterocycles. The average Bonchev–Trinajstić information content (AvgIpc) is 3.56. The van der Waals surface area contributed by atoms with Gasteiger partial charge in [0.05, 0.1) is 5.25 Å². The zero-order valence-electron chi connectivity index (χ0n) is 18.9. The summed E-state index contributed by atoms with van der Waals surface area (Å²) in [6, 6.07) is 14.0. The standard InChI is InChI=1S/C24H29N5O2S/c1-16-10-17(2)12-21(11-16)27-24-25-14-18(3)23(28-24)26-20-7-5-6-19(13-20)15-29(4)32(30,31)22-8-9-22/h5-7,10-14,22H,8-9,15H2,1-4H3,(H2,25,26,27,28). The van der Waals surface area contributed by atoms with Gasteiger partial charge in [-0.2, -0.15) is 4.98 Å². The maximum Gasteiger partial charge on any atom is 0.229 e. The van der Waals surface area contributed by atoms with Gasteiger partial charge in [-0.3, -0.25) is 0 Å². The molecule has 1 fully saturated rings. The monoisotopic (exact) mass is 451 g/mol. The van der Waals surface area contributed by atoms with E-state index in [1.807, 2.05) is 31.2 Å². The van der Waals surface area contributed by atoms with Crippen molar-refractivity contribution in [3.63, 3.8) is 0 Å². The van der Waals surface area contributed by atoms with Gasteiger partial charge in [-0.25, -0.2) is 17.7 Å². The molecule has 32 heavy (non-hydrogen) atoms. The Morgan fingerprint density at radius 1 is 1.00 bits per heavy atom. The van der Waals surface area contributed by atoms with Crippen molar-refractivity contribution in [2.24, 2.45) is 0 Å². The first-order valence-corrected chi connectivity index (χ1v) is 12.2. The molecule has 8 heteroatoms. The summed E-state index contributed by atoms with van der Waals surface area (Å²) in [5, 5.41) is 6.42. The molecule has 0 amide bonds. The first kappa shape index (κ1) is 22.2. The van der Waals surface area contributed by atoms with Gasteiger partial charge in [0.15, 0.2) is 0 Å². The van der Waals surface area contributed by atoms with Gasteiger partial charge in [-0.05, 0) is 74.6 Å². The molecule has 2 aromatic carbocycles. The Morgan fingerprint density at radius 2 is 1.72 bits per heavy atom. The zero-order chi connectivity index (χ0) is 22.9. The fourth-order valence-corrected chi connectivity index (χ4v) is 5.23. The van der Waals surface area contributed by atoms with Gasteiger partial charge in [0, 0.05) is 36.7 Å². The highest BCUT2D eigenvalue weighted by molar-refractivity contribution is 7.90. The third-order valence-electron chi connectivity index (χ3n) is 5.42. The van der Waals surface area contributed by atoms with E-state index in [-0.39, 0.29) is 5.25 Å². The van der Waals surface area contributed by atoms with Gasteiger partial charge in [0.1, 0.15) is 5.82 Å². The van der Waals surface area contributed by atoms with Crippen molar-refractivity contribution < 1.29 is 8.42 Å². The van der Waals surface area contributed by atoms with Crippen LogP contribution in [0, 0.1) is 20.8 Å². The molecule has 1 aromatic heterocycles. The number of rotatable bonds is 8. The molecule has 2 N–H and O–H groups in total. The van der Waals surface area contributed by atoms with E-state index in [9.17, 15) is 8.42 Å². The molecule has 7 nitrogen and oxygen atoms in total. The maximum absolute atomic E-state index is 12.4. The van der Waals surface area contributed by atoms with Gasteiger partial charge in [-0.1, -0.05) is 18.2 Å². The Hall–Kier alpha value is -2.97. The predicted molar refractivity (Wildman–Crippen MR) is 129 cm³/mol. The minimum atomic E-state index is -3.20. The van der Waals surface area contributed by atoms with Crippen molar-refractivity contribution in [3.8, 4) is 0 Å². The van der Waals surface area contributed by atoms with Gasteiger partial charge in [0.25, 0.3) is 0 Å². The van der Waals surface area contributed by atoms with Crippen LogP contribution in [0.2, 0.25) is 0 Å². The minimum absolute atomic E-state index is 0.208. The zero-order valence-corrected chi connectivity index (χ0v) is 19.7. The lowest BCUT2D eigenvalue weighted by atomic mass is 10.1. The first-order chi connectivity index (χ1) is 15.2. The van der Waals surface area contributed by atoms with Crippen LogP contribution in [0.3, 0.4) is 0 Å². The van der Waals surface area contributed by atoms with E-state index < -0.39 is 10.0 Å². The normalized spacial score (nSPS) is 13.9. The van der Waals surface area contributed by atoms with Gasteiger partial charge in [-0.15, -0.1) is 0 Å². The summed E-state index contributed by atoms with van der Waals surface area (Å²) in [5.41, 5.74) is 5.96. The van der Waals surface area contributed by atoms with Gasteiger partial charge >= 0.3 is 0 Å². The number of anilines is 4. The Labute approximate surface area is 190 Å². The van der Waals surface area contributed by atoms with E-state index in [0.29, 0.717) is 18.3 Å². The molecule has 0 radical (unpaired) electrons. The topological polar surface area (TPSA) is 87.2 Å². The number of hydrogen-bond acceptors (Lipinski definition) is 6. The fraction of sp³-hybridized carbons (Fsp3) is 0.333. The Morgan fingerprint density at radius 3 is 2.41 bits per heavy atom. The highest BCUT2D eigenvalue weighted by Gasteiger charge is 2.38. The molecule has 1 saturated carbocycles. The number of aryl methyl sites for hydroxylation is 3. The van der Waals surface area contributed by atoms with Crippen LogP contribution >= 0.6 is 0 Å². The number of benzene rings is 2. The van der Waals surface area contributed by atoms with Crippen LogP contribution in [0.15, 0.2) is 48.7 Å². The Balaban J connectivity index is 1.50. The molecule has 3 aromatic rings. The van der Waals surface area contributed by atoms with E-state index in [1.165, 1.54) is 15.4 Å².